The molecule has 14 nitrogen and oxygen atoms in total. The molecule has 294 valence electrons. The zero-order valence-corrected chi connectivity index (χ0v) is 31.3. The van der Waals surface area contributed by atoms with Gasteiger partial charge in [0.2, 0.25) is 11.8 Å². The number of hydrogen-bond donors (Lipinski definition) is 6. The van der Waals surface area contributed by atoms with Gasteiger partial charge in [-0.3, -0.25) is 30.0 Å². The molecule has 2 saturated heterocycles. The van der Waals surface area contributed by atoms with Gasteiger partial charge in [-0.2, -0.15) is 0 Å². The number of nitrogens with one attached hydrogen (secondary N) is 4. The van der Waals surface area contributed by atoms with Crippen LogP contribution in [-0.4, -0.2) is 101 Å². The van der Waals surface area contributed by atoms with Gasteiger partial charge in [0.25, 0.3) is 0 Å². The Labute approximate surface area is 320 Å². The summed E-state index contributed by atoms with van der Waals surface area (Å²) < 4.78 is 29.7. The lowest BCUT2D eigenvalue weighted by atomic mass is 10.00. The second-order valence-corrected chi connectivity index (χ2v) is 15.3. The first-order valence-corrected chi connectivity index (χ1v) is 18.6. The van der Waals surface area contributed by atoms with E-state index in [9.17, 15) is 28.0 Å². The highest BCUT2D eigenvalue weighted by Crippen LogP contribution is 2.39. The first-order chi connectivity index (χ1) is 26.7. The van der Waals surface area contributed by atoms with E-state index in [1.165, 1.54) is 0 Å². The van der Waals surface area contributed by atoms with E-state index in [1.807, 2.05) is 71.3 Å². The second kappa shape index (κ2) is 15.4. The monoisotopic (exact) mass is 770 g/mol. The number of carbonyl (C=O) groups excluding carboxylic acids is 2. The number of likely N-dealkylation sites (tertiary alicyclic amines) is 2. The molecule has 0 spiro atoms. The van der Waals surface area contributed by atoms with Crippen LogP contribution in [-0.2, 0) is 9.59 Å². The Kier molecular flexibility index (Phi) is 10.6. The number of imidazole rings is 2. The molecule has 6 atom stereocenters. The van der Waals surface area contributed by atoms with Crippen LogP contribution in [0.15, 0.2) is 60.7 Å². The van der Waals surface area contributed by atoms with E-state index >= 15 is 0 Å². The third kappa shape index (κ3) is 7.71. The topological polar surface area (TPSA) is 197 Å². The van der Waals surface area contributed by atoms with Crippen molar-refractivity contribution in [1.29, 1.82) is 0 Å². The summed E-state index contributed by atoms with van der Waals surface area (Å²) in [6.45, 7) is 7.15. The number of benzene rings is 3. The van der Waals surface area contributed by atoms with Crippen LogP contribution < -0.4 is 10.6 Å². The van der Waals surface area contributed by atoms with Crippen LogP contribution >= 0.6 is 0 Å². The molecule has 4 amide bonds. The SMILES string of the molecule is CC(C)[C@@H](C(=O)NC(=O)O)N1C[C@H](F)C[C@H]1c1nc2ccc(-c3ccc(-c4ccc5nc([C@@H]6C[C@@H](F)CN6[C@H](C(=O)NC(=O)O)C(C)C)[nH]c5c4)cc3)cc2[nH]1. The number of nitrogens with zero attached hydrogens (tertiary/aromatic N) is 4. The first kappa shape index (κ1) is 38.5. The Morgan fingerprint density at radius 1 is 0.643 bits per heavy atom. The molecule has 16 heteroatoms. The van der Waals surface area contributed by atoms with E-state index in [1.54, 1.807) is 37.5 Å². The summed E-state index contributed by atoms with van der Waals surface area (Å²) in [6.07, 6.45) is -5.09. The number of amides is 4. The van der Waals surface area contributed by atoms with Crippen LogP contribution in [0, 0.1) is 11.8 Å². The van der Waals surface area contributed by atoms with E-state index in [0.29, 0.717) is 22.7 Å². The number of aromatic nitrogens is 4. The Morgan fingerprint density at radius 2 is 1.00 bits per heavy atom. The number of hydrogen-bond acceptors (Lipinski definition) is 8. The van der Waals surface area contributed by atoms with Gasteiger partial charge in [0.15, 0.2) is 0 Å². The Bertz CT molecular complexity index is 2130. The maximum atomic E-state index is 14.9. The number of aromatic amines is 2. The predicted molar refractivity (Wildman–Crippen MR) is 204 cm³/mol. The highest BCUT2D eigenvalue weighted by atomic mass is 19.1. The molecule has 5 aromatic rings. The second-order valence-electron chi connectivity index (χ2n) is 15.3. The largest absolute Gasteiger partial charge is 0.465 e. The number of rotatable bonds is 10. The summed E-state index contributed by atoms with van der Waals surface area (Å²) in [5.74, 6) is -0.935. The molecule has 2 aromatic heterocycles. The zero-order chi connectivity index (χ0) is 40.0. The Balaban J connectivity index is 1.10. The number of carbonyl (C=O) groups is 4. The van der Waals surface area contributed by atoms with Gasteiger partial charge in [0.05, 0.1) is 46.2 Å². The minimum absolute atomic E-state index is 0.0165. The average Bonchev–Trinajstić information content (AvgIpc) is 3.91. The number of halogens is 2. The number of alkyl halides is 2. The molecule has 7 rings (SSSR count). The summed E-state index contributed by atoms with van der Waals surface area (Å²) in [4.78, 5) is 67.7. The molecule has 2 aliphatic heterocycles. The third-order valence-electron chi connectivity index (χ3n) is 10.7. The molecule has 56 heavy (non-hydrogen) atoms. The van der Waals surface area contributed by atoms with Crippen molar-refractivity contribution < 1.29 is 38.2 Å². The summed E-state index contributed by atoms with van der Waals surface area (Å²) in [5.41, 5.74) is 6.57. The van der Waals surface area contributed by atoms with Gasteiger partial charge in [-0.05, 0) is 58.4 Å². The normalized spacial score (nSPS) is 21.6. The number of imide groups is 2. The molecular weight excluding hydrogens is 726 g/mol. The zero-order valence-electron chi connectivity index (χ0n) is 31.3. The maximum absolute atomic E-state index is 14.9. The van der Waals surface area contributed by atoms with Crippen molar-refractivity contribution >= 4 is 46.1 Å². The summed E-state index contributed by atoms with van der Waals surface area (Å²) >= 11 is 0. The fourth-order valence-corrected chi connectivity index (χ4v) is 8.39. The number of fused-ring (bicyclic) bond motifs is 2. The van der Waals surface area contributed by atoms with Gasteiger partial charge >= 0.3 is 12.2 Å². The summed E-state index contributed by atoms with van der Waals surface area (Å²) in [7, 11) is 0. The number of H-pyrrole nitrogens is 2. The van der Waals surface area contributed by atoms with E-state index < -0.39 is 60.5 Å². The van der Waals surface area contributed by atoms with Gasteiger partial charge in [-0.15, -0.1) is 0 Å². The van der Waals surface area contributed by atoms with E-state index in [-0.39, 0.29) is 37.8 Å². The van der Waals surface area contributed by atoms with Crippen LogP contribution in [0.4, 0.5) is 18.4 Å². The molecule has 0 unspecified atom stereocenters. The van der Waals surface area contributed by atoms with E-state index in [0.717, 1.165) is 33.3 Å². The van der Waals surface area contributed by atoms with Crippen molar-refractivity contribution in [3.05, 3.63) is 72.3 Å². The van der Waals surface area contributed by atoms with Crippen LogP contribution in [0.1, 0.15) is 64.3 Å². The molecule has 2 fully saturated rings. The van der Waals surface area contributed by atoms with Gasteiger partial charge in [0, 0.05) is 25.9 Å². The van der Waals surface area contributed by atoms with Gasteiger partial charge in [-0.1, -0.05) is 64.1 Å². The molecule has 6 N–H and O–H groups in total. The van der Waals surface area contributed by atoms with Gasteiger partial charge < -0.3 is 20.2 Å². The number of carboxylic acid groups (broad SMARTS) is 2. The van der Waals surface area contributed by atoms with E-state index in [4.69, 9.17) is 20.2 Å². The predicted octanol–water partition coefficient (Wildman–Crippen LogP) is 6.58. The highest BCUT2D eigenvalue weighted by Gasteiger charge is 2.44. The van der Waals surface area contributed by atoms with E-state index in [2.05, 4.69) is 9.97 Å². The van der Waals surface area contributed by atoms with Crippen molar-refractivity contribution in [3.63, 3.8) is 0 Å². The lowest BCUT2D eigenvalue weighted by molar-refractivity contribution is -0.128. The smallest absolute Gasteiger partial charge is 0.411 e. The fourth-order valence-electron chi connectivity index (χ4n) is 8.39. The average molecular weight is 771 g/mol. The van der Waals surface area contributed by atoms with Crippen LogP contribution in [0.25, 0.3) is 44.3 Å². The molecular formula is C40H44F2N8O6. The molecule has 0 radical (unpaired) electrons. The Hall–Kier alpha value is -5.74. The van der Waals surface area contributed by atoms with Crippen molar-refractivity contribution in [1.82, 2.24) is 40.4 Å². The molecule has 0 aliphatic carbocycles. The van der Waals surface area contributed by atoms with Crippen molar-refractivity contribution in [2.75, 3.05) is 13.1 Å². The minimum Gasteiger partial charge on any atom is -0.465 e. The van der Waals surface area contributed by atoms with Crippen LogP contribution in [0.2, 0.25) is 0 Å². The summed E-state index contributed by atoms with van der Waals surface area (Å²) in [5, 5.41) is 22.2. The molecule has 3 aromatic carbocycles. The molecule has 4 heterocycles. The van der Waals surface area contributed by atoms with Crippen LogP contribution in [0.3, 0.4) is 0 Å². The van der Waals surface area contributed by atoms with Crippen molar-refractivity contribution in [2.45, 2.75) is 77.0 Å². The summed E-state index contributed by atoms with van der Waals surface area (Å²) in [6, 6.07) is 16.8. The molecule has 0 bridgehead atoms. The van der Waals surface area contributed by atoms with Crippen molar-refractivity contribution in [2.24, 2.45) is 11.8 Å². The van der Waals surface area contributed by atoms with Gasteiger partial charge in [-0.25, -0.2) is 28.3 Å². The molecule has 0 saturated carbocycles. The molecule has 2 aliphatic rings. The Morgan fingerprint density at radius 3 is 1.34 bits per heavy atom. The standard InChI is InChI=1S/C40H44F2N8O6/c1-19(2)33(37(51)47-39(53)54)49-17-25(41)15-31(49)35-43-27-11-9-23(13-29(27)45-35)21-5-7-22(8-6-21)24-10-12-28-30(14-24)46-36(44-28)32-16-26(42)18-50(32)34(20(3)4)38(52)48-40(55)56/h5-14,19-20,25-26,31-34H,15-18H2,1-4H3,(H,43,45)(H,44,46)(H,47,51)(H,48,52)(H,53,54)(H,55,56)/t25-,26-,31+,32+,33+,34+/m1/s1. The van der Waals surface area contributed by atoms with Crippen LogP contribution in [0.5, 0.6) is 0 Å². The van der Waals surface area contributed by atoms with Crippen molar-refractivity contribution in [3.8, 4) is 22.3 Å². The van der Waals surface area contributed by atoms with Gasteiger partial charge in [0.1, 0.15) is 24.0 Å². The maximum Gasteiger partial charge on any atom is 0.411 e. The lowest BCUT2D eigenvalue weighted by Crippen LogP contribution is -2.51. The minimum atomic E-state index is -1.46. The fraction of sp³-hybridized carbons (Fsp3) is 0.400. The lowest BCUT2D eigenvalue weighted by Gasteiger charge is -2.33. The first-order valence-electron chi connectivity index (χ1n) is 18.6. The quantitative estimate of drug-likeness (QED) is 0.0903. The highest BCUT2D eigenvalue weighted by molar-refractivity contribution is 5.95. The third-order valence-corrected chi connectivity index (χ3v) is 10.7.